The van der Waals surface area contributed by atoms with E-state index in [9.17, 15) is 0 Å². The lowest BCUT2D eigenvalue weighted by Crippen LogP contribution is -2.37. The van der Waals surface area contributed by atoms with Crippen molar-refractivity contribution in [3.05, 3.63) is 23.8 Å². The summed E-state index contributed by atoms with van der Waals surface area (Å²) < 4.78 is 11.3. The standard InChI is InChI=1S/C17H28N2O2/c1-19-11-4-3-5-15(19)9-12-21-17-13-16(20-2)7-6-14(17)8-10-18/h6-7,13,15H,3-5,8-12,18H2,1-2H3. The molecule has 0 aliphatic carbocycles. The van der Waals surface area contributed by atoms with E-state index in [-0.39, 0.29) is 0 Å². The Labute approximate surface area is 128 Å². The van der Waals surface area contributed by atoms with Crippen LogP contribution in [0, 0.1) is 0 Å². The molecule has 1 aliphatic rings. The molecule has 0 amide bonds. The van der Waals surface area contributed by atoms with Crippen molar-refractivity contribution in [2.75, 3.05) is 33.9 Å². The van der Waals surface area contributed by atoms with Crippen molar-refractivity contribution in [3.63, 3.8) is 0 Å². The van der Waals surface area contributed by atoms with Crippen molar-refractivity contribution < 1.29 is 9.47 Å². The molecule has 1 heterocycles. The molecule has 0 radical (unpaired) electrons. The van der Waals surface area contributed by atoms with Gasteiger partial charge in [0, 0.05) is 12.1 Å². The highest BCUT2D eigenvalue weighted by Crippen LogP contribution is 2.26. The predicted octanol–water partition coefficient (Wildman–Crippen LogP) is 2.45. The molecule has 0 saturated carbocycles. The van der Waals surface area contributed by atoms with E-state index in [1.54, 1.807) is 7.11 Å². The predicted molar refractivity (Wildman–Crippen MR) is 86.1 cm³/mol. The Morgan fingerprint density at radius 3 is 2.90 bits per heavy atom. The van der Waals surface area contributed by atoms with Gasteiger partial charge in [0.25, 0.3) is 0 Å². The van der Waals surface area contributed by atoms with Crippen LogP contribution in [0.3, 0.4) is 0 Å². The summed E-state index contributed by atoms with van der Waals surface area (Å²) >= 11 is 0. The average Bonchev–Trinajstić information content (AvgIpc) is 2.51. The van der Waals surface area contributed by atoms with Gasteiger partial charge in [0.15, 0.2) is 0 Å². The number of nitrogens with zero attached hydrogens (tertiary/aromatic N) is 1. The van der Waals surface area contributed by atoms with Gasteiger partial charge in [-0.3, -0.25) is 0 Å². The normalized spacial score (nSPS) is 19.5. The van der Waals surface area contributed by atoms with Crippen LogP contribution in [0.2, 0.25) is 0 Å². The van der Waals surface area contributed by atoms with Crippen LogP contribution in [0.5, 0.6) is 11.5 Å². The molecule has 0 aromatic heterocycles. The van der Waals surface area contributed by atoms with Crippen LogP contribution in [-0.4, -0.2) is 44.8 Å². The fraction of sp³-hybridized carbons (Fsp3) is 0.647. The molecule has 0 bridgehead atoms. The molecule has 21 heavy (non-hydrogen) atoms. The molecular weight excluding hydrogens is 264 g/mol. The van der Waals surface area contributed by atoms with Gasteiger partial charge in [-0.15, -0.1) is 0 Å². The third-order valence-corrected chi connectivity index (χ3v) is 4.32. The summed E-state index contributed by atoms with van der Waals surface area (Å²) in [4.78, 5) is 2.46. The maximum atomic E-state index is 6.02. The first-order chi connectivity index (χ1) is 10.2. The zero-order chi connectivity index (χ0) is 15.1. The molecule has 2 N–H and O–H groups in total. The van der Waals surface area contributed by atoms with Crippen LogP contribution in [0.25, 0.3) is 0 Å². The number of nitrogens with two attached hydrogens (primary N) is 1. The molecule has 118 valence electrons. The monoisotopic (exact) mass is 292 g/mol. The number of ether oxygens (including phenoxy) is 2. The lowest BCUT2D eigenvalue weighted by Gasteiger charge is -2.32. The van der Waals surface area contributed by atoms with Gasteiger partial charge in [-0.1, -0.05) is 12.5 Å². The fourth-order valence-corrected chi connectivity index (χ4v) is 2.97. The Hall–Kier alpha value is -1.26. The van der Waals surface area contributed by atoms with Crippen molar-refractivity contribution in [3.8, 4) is 11.5 Å². The highest BCUT2D eigenvalue weighted by Gasteiger charge is 2.18. The molecule has 4 heteroatoms. The molecule has 1 fully saturated rings. The van der Waals surface area contributed by atoms with E-state index >= 15 is 0 Å². The summed E-state index contributed by atoms with van der Waals surface area (Å²) in [5.41, 5.74) is 6.83. The number of piperidine rings is 1. The first-order valence-corrected chi connectivity index (χ1v) is 7.94. The molecule has 1 aromatic rings. The lowest BCUT2D eigenvalue weighted by atomic mass is 10.0. The summed E-state index contributed by atoms with van der Waals surface area (Å²) in [6, 6.07) is 6.64. The van der Waals surface area contributed by atoms with E-state index in [2.05, 4.69) is 11.9 Å². The van der Waals surface area contributed by atoms with Gasteiger partial charge in [0.05, 0.1) is 13.7 Å². The topological polar surface area (TPSA) is 47.7 Å². The van der Waals surface area contributed by atoms with Crippen molar-refractivity contribution in [1.29, 1.82) is 0 Å². The van der Waals surface area contributed by atoms with Crippen LogP contribution in [0.1, 0.15) is 31.2 Å². The first kappa shape index (κ1) is 16.1. The van der Waals surface area contributed by atoms with E-state index in [1.165, 1.54) is 25.8 Å². The van der Waals surface area contributed by atoms with Gasteiger partial charge in [-0.25, -0.2) is 0 Å². The summed E-state index contributed by atoms with van der Waals surface area (Å²) in [5.74, 6) is 1.75. The second-order valence-electron chi connectivity index (χ2n) is 5.78. The highest BCUT2D eigenvalue weighted by atomic mass is 16.5. The zero-order valence-corrected chi connectivity index (χ0v) is 13.3. The van der Waals surface area contributed by atoms with E-state index < -0.39 is 0 Å². The van der Waals surface area contributed by atoms with Crippen LogP contribution >= 0.6 is 0 Å². The summed E-state index contributed by atoms with van der Waals surface area (Å²) in [5, 5.41) is 0. The summed E-state index contributed by atoms with van der Waals surface area (Å²) in [6.45, 7) is 2.59. The lowest BCUT2D eigenvalue weighted by molar-refractivity contribution is 0.152. The third-order valence-electron chi connectivity index (χ3n) is 4.32. The second-order valence-corrected chi connectivity index (χ2v) is 5.78. The number of benzene rings is 1. The Morgan fingerprint density at radius 2 is 2.19 bits per heavy atom. The number of hydrogen-bond acceptors (Lipinski definition) is 4. The number of likely N-dealkylation sites (tertiary alicyclic amines) is 1. The second kappa shape index (κ2) is 8.25. The van der Waals surface area contributed by atoms with Crippen LogP contribution in [0.15, 0.2) is 18.2 Å². The summed E-state index contributed by atoms with van der Waals surface area (Å²) in [6.07, 6.45) is 5.86. The van der Waals surface area contributed by atoms with E-state index in [1.807, 2.05) is 18.2 Å². The molecule has 0 spiro atoms. The van der Waals surface area contributed by atoms with Crippen molar-refractivity contribution in [2.24, 2.45) is 5.73 Å². The van der Waals surface area contributed by atoms with Gasteiger partial charge >= 0.3 is 0 Å². The van der Waals surface area contributed by atoms with Crippen LogP contribution in [-0.2, 0) is 6.42 Å². The molecule has 1 unspecified atom stereocenters. The summed E-state index contributed by atoms with van der Waals surface area (Å²) in [7, 11) is 3.90. The number of rotatable bonds is 7. The smallest absolute Gasteiger partial charge is 0.126 e. The van der Waals surface area contributed by atoms with Crippen molar-refractivity contribution >= 4 is 0 Å². The average molecular weight is 292 g/mol. The van der Waals surface area contributed by atoms with Crippen molar-refractivity contribution in [2.45, 2.75) is 38.1 Å². The van der Waals surface area contributed by atoms with E-state index in [4.69, 9.17) is 15.2 Å². The molecule has 1 atom stereocenters. The Balaban J connectivity index is 1.91. The van der Waals surface area contributed by atoms with Gasteiger partial charge in [-0.05, 0) is 57.5 Å². The van der Waals surface area contributed by atoms with Crippen molar-refractivity contribution in [1.82, 2.24) is 4.90 Å². The zero-order valence-electron chi connectivity index (χ0n) is 13.3. The Bertz CT molecular complexity index is 437. The van der Waals surface area contributed by atoms with Gasteiger partial charge in [0.1, 0.15) is 11.5 Å². The molecule has 1 aliphatic heterocycles. The molecule has 4 nitrogen and oxygen atoms in total. The SMILES string of the molecule is COc1ccc(CCN)c(OCCC2CCCCN2C)c1. The van der Waals surface area contributed by atoms with E-state index in [0.29, 0.717) is 12.6 Å². The fourth-order valence-electron chi connectivity index (χ4n) is 2.97. The molecule has 2 rings (SSSR count). The van der Waals surface area contributed by atoms with Crippen LogP contribution < -0.4 is 15.2 Å². The maximum absolute atomic E-state index is 6.02. The minimum Gasteiger partial charge on any atom is -0.497 e. The first-order valence-electron chi connectivity index (χ1n) is 7.94. The molecule has 1 saturated heterocycles. The molecular formula is C17H28N2O2. The maximum Gasteiger partial charge on any atom is 0.126 e. The van der Waals surface area contributed by atoms with Gasteiger partial charge in [0.2, 0.25) is 0 Å². The van der Waals surface area contributed by atoms with Gasteiger partial charge in [-0.2, -0.15) is 0 Å². The largest absolute Gasteiger partial charge is 0.497 e. The minimum absolute atomic E-state index is 0.633. The number of methoxy groups -OCH3 is 1. The highest BCUT2D eigenvalue weighted by molar-refractivity contribution is 5.41. The third kappa shape index (κ3) is 4.61. The minimum atomic E-state index is 0.633. The van der Waals surface area contributed by atoms with E-state index in [0.717, 1.165) is 36.5 Å². The van der Waals surface area contributed by atoms with Crippen LogP contribution in [0.4, 0.5) is 0 Å². The number of hydrogen-bond donors (Lipinski definition) is 1. The molecule has 1 aromatic carbocycles. The van der Waals surface area contributed by atoms with Gasteiger partial charge < -0.3 is 20.1 Å². The Kier molecular flexibility index (Phi) is 6.33. The Morgan fingerprint density at radius 1 is 1.33 bits per heavy atom. The quantitative estimate of drug-likeness (QED) is 0.838.